The van der Waals surface area contributed by atoms with E-state index in [0.29, 0.717) is 10.6 Å². The third-order valence-corrected chi connectivity index (χ3v) is 4.51. The van der Waals surface area contributed by atoms with Gasteiger partial charge >= 0.3 is 0 Å². The Labute approximate surface area is 133 Å². The van der Waals surface area contributed by atoms with Crippen molar-refractivity contribution >= 4 is 17.5 Å². The van der Waals surface area contributed by atoms with Gasteiger partial charge in [0.2, 0.25) is 0 Å². The van der Waals surface area contributed by atoms with E-state index in [1.54, 1.807) is 17.9 Å². The molecule has 1 aromatic heterocycles. The highest BCUT2D eigenvalue weighted by Gasteiger charge is 2.41. The molecule has 1 unspecified atom stereocenters. The minimum atomic E-state index is -1.21. The van der Waals surface area contributed by atoms with Crippen molar-refractivity contribution in [1.29, 1.82) is 0 Å². The SMILES string of the molecule is Cn1cc(C(O)C(=O)NC2(c3ccc(Cl)cc3)CCC2)cn1. The summed E-state index contributed by atoms with van der Waals surface area (Å²) in [7, 11) is 1.75. The fourth-order valence-electron chi connectivity index (χ4n) is 2.82. The van der Waals surface area contributed by atoms with Gasteiger partial charge in [-0.25, -0.2) is 0 Å². The molecule has 0 bridgehead atoms. The lowest BCUT2D eigenvalue weighted by molar-refractivity contribution is -0.133. The standard InChI is InChI=1S/C16H18ClN3O2/c1-20-10-11(9-18-20)14(21)15(22)19-16(7-2-8-16)12-3-5-13(17)6-4-12/h3-6,9-10,14,21H,2,7-8H2,1H3,(H,19,22). The summed E-state index contributed by atoms with van der Waals surface area (Å²) in [5, 5.41) is 17.8. The number of hydrogen-bond donors (Lipinski definition) is 2. The lowest BCUT2D eigenvalue weighted by Crippen LogP contribution is -2.52. The lowest BCUT2D eigenvalue weighted by Gasteiger charge is -2.43. The van der Waals surface area contributed by atoms with Gasteiger partial charge in [-0.1, -0.05) is 23.7 Å². The average Bonchev–Trinajstić information content (AvgIpc) is 2.89. The number of hydrogen-bond acceptors (Lipinski definition) is 3. The molecule has 1 fully saturated rings. The molecule has 5 nitrogen and oxygen atoms in total. The van der Waals surface area contributed by atoms with Gasteiger partial charge in [0.05, 0.1) is 11.7 Å². The number of nitrogens with zero attached hydrogens (tertiary/aromatic N) is 2. The molecule has 1 saturated carbocycles. The molecule has 6 heteroatoms. The van der Waals surface area contributed by atoms with Crippen LogP contribution in [0, 0.1) is 0 Å². The van der Waals surface area contributed by atoms with Crippen LogP contribution >= 0.6 is 11.6 Å². The third-order valence-electron chi connectivity index (χ3n) is 4.26. The fourth-order valence-corrected chi connectivity index (χ4v) is 2.95. The summed E-state index contributed by atoms with van der Waals surface area (Å²) in [5.41, 5.74) is 1.12. The first-order valence-electron chi connectivity index (χ1n) is 7.25. The van der Waals surface area contributed by atoms with E-state index in [9.17, 15) is 9.90 Å². The van der Waals surface area contributed by atoms with E-state index in [1.165, 1.54) is 6.20 Å². The summed E-state index contributed by atoms with van der Waals surface area (Å²) < 4.78 is 1.56. The Bertz CT molecular complexity index is 677. The number of benzene rings is 1. The Balaban J connectivity index is 1.77. The van der Waals surface area contributed by atoms with Crippen molar-refractivity contribution in [2.24, 2.45) is 7.05 Å². The molecule has 1 aliphatic rings. The quantitative estimate of drug-likeness (QED) is 0.908. The van der Waals surface area contributed by atoms with Gasteiger partial charge in [0, 0.05) is 23.8 Å². The average molecular weight is 320 g/mol. The molecular formula is C16H18ClN3O2. The molecule has 1 atom stereocenters. The highest BCUT2D eigenvalue weighted by atomic mass is 35.5. The van der Waals surface area contributed by atoms with Crippen LogP contribution in [0.3, 0.4) is 0 Å². The third kappa shape index (κ3) is 2.74. The van der Waals surface area contributed by atoms with Crippen LogP contribution in [0.4, 0.5) is 0 Å². The van der Waals surface area contributed by atoms with Crippen LogP contribution in [-0.2, 0) is 17.4 Å². The number of halogens is 1. The number of aromatic nitrogens is 2. The Hall–Kier alpha value is -1.85. The Kier molecular flexibility index (Phi) is 3.93. The molecule has 0 radical (unpaired) electrons. The van der Waals surface area contributed by atoms with Gasteiger partial charge in [-0.05, 0) is 37.0 Å². The number of carbonyl (C=O) groups is 1. The second-order valence-corrected chi connectivity index (χ2v) is 6.22. The van der Waals surface area contributed by atoms with Crippen LogP contribution in [0.5, 0.6) is 0 Å². The minimum absolute atomic E-state index is 0.398. The number of aliphatic hydroxyl groups is 1. The predicted octanol–water partition coefficient (Wildman–Crippen LogP) is 2.30. The van der Waals surface area contributed by atoms with E-state index in [1.807, 2.05) is 24.3 Å². The number of amides is 1. The van der Waals surface area contributed by atoms with Crippen LogP contribution in [0.15, 0.2) is 36.7 Å². The zero-order valence-corrected chi connectivity index (χ0v) is 13.0. The van der Waals surface area contributed by atoms with E-state index < -0.39 is 17.6 Å². The van der Waals surface area contributed by atoms with Crippen LogP contribution in [0.2, 0.25) is 5.02 Å². The van der Waals surface area contributed by atoms with Crippen LogP contribution in [-0.4, -0.2) is 20.8 Å². The van der Waals surface area contributed by atoms with Crippen molar-refractivity contribution in [3.63, 3.8) is 0 Å². The van der Waals surface area contributed by atoms with E-state index in [4.69, 9.17) is 11.6 Å². The first-order valence-corrected chi connectivity index (χ1v) is 7.63. The van der Waals surface area contributed by atoms with E-state index >= 15 is 0 Å². The van der Waals surface area contributed by atoms with Gasteiger partial charge in [0.1, 0.15) is 0 Å². The van der Waals surface area contributed by atoms with Gasteiger partial charge in [-0.2, -0.15) is 5.10 Å². The first-order chi connectivity index (χ1) is 10.5. The topological polar surface area (TPSA) is 67.2 Å². The molecule has 0 spiro atoms. The monoisotopic (exact) mass is 319 g/mol. The number of aryl methyl sites for hydroxylation is 1. The van der Waals surface area contributed by atoms with Crippen LogP contribution in [0.1, 0.15) is 36.5 Å². The molecule has 3 rings (SSSR count). The van der Waals surface area contributed by atoms with Crippen molar-refractivity contribution in [1.82, 2.24) is 15.1 Å². The normalized spacial score (nSPS) is 17.6. The Morgan fingerprint density at radius 3 is 2.59 bits per heavy atom. The van der Waals surface area contributed by atoms with Gasteiger partial charge in [-0.3, -0.25) is 9.48 Å². The summed E-state index contributed by atoms with van der Waals surface area (Å²) in [6.45, 7) is 0. The van der Waals surface area contributed by atoms with Gasteiger partial charge in [0.15, 0.2) is 6.10 Å². The maximum absolute atomic E-state index is 12.4. The molecule has 2 aromatic rings. The molecular weight excluding hydrogens is 302 g/mol. The summed E-state index contributed by atoms with van der Waals surface area (Å²) in [6.07, 6.45) is 4.70. The number of carbonyl (C=O) groups excluding carboxylic acids is 1. The molecule has 0 saturated heterocycles. The van der Waals surface area contributed by atoms with E-state index in [0.717, 1.165) is 24.8 Å². The van der Waals surface area contributed by atoms with Gasteiger partial charge < -0.3 is 10.4 Å². The molecule has 1 amide bonds. The highest BCUT2D eigenvalue weighted by molar-refractivity contribution is 6.30. The maximum atomic E-state index is 12.4. The zero-order chi connectivity index (χ0) is 15.7. The molecule has 2 N–H and O–H groups in total. The number of rotatable bonds is 4. The Morgan fingerprint density at radius 2 is 2.09 bits per heavy atom. The molecule has 1 aliphatic carbocycles. The fraction of sp³-hybridized carbons (Fsp3) is 0.375. The summed E-state index contributed by atoms with van der Waals surface area (Å²) >= 11 is 5.92. The molecule has 1 heterocycles. The van der Waals surface area contributed by atoms with E-state index in [2.05, 4.69) is 10.4 Å². The van der Waals surface area contributed by atoms with Crippen molar-refractivity contribution in [2.75, 3.05) is 0 Å². The minimum Gasteiger partial charge on any atom is -0.378 e. The van der Waals surface area contributed by atoms with Crippen molar-refractivity contribution < 1.29 is 9.90 Å². The van der Waals surface area contributed by atoms with E-state index in [-0.39, 0.29) is 0 Å². The second kappa shape index (κ2) is 5.74. The first kappa shape index (κ1) is 15.1. The lowest BCUT2D eigenvalue weighted by atomic mass is 9.71. The van der Waals surface area contributed by atoms with Gasteiger partial charge in [0.25, 0.3) is 5.91 Å². The smallest absolute Gasteiger partial charge is 0.254 e. The molecule has 116 valence electrons. The molecule has 22 heavy (non-hydrogen) atoms. The maximum Gasteiger partial charge on any atom is 0.254 e. The zero-order valence-electron chi connectivity index (χ0n) is 12.3. The molecule has 0 aliphatic heterocycles. The number of nitrogens with one attached hydrogen (secondary N) is 1. The predicted molar refractivity (Wildman–Crippen MR) is 83.3 cm³/mol. The van der Waals surface area contributed by atoms with Crippen molar-refractivity contribution in [2.45, 2.75) is 30.9 Å². The summed E-state index contributed by atoms with van der Waals surface area (Å²) in [4.78, 5) is 12.4. The summed E-state index contributed by atoms with van der Waals surface area (Å²) in [5.74, 6) is -0.400. The second-order valence-electron chi connectivity index (χ2n) is 5.78. The Morgan fingerprint density at radius 1 is 1.41 bits per heavy atom. The number of aliphatic hydroxyl groups excluding tert-OH is 1. The van der Waals surface area contributed by atoms with Gasteiger partial charge in [-0.15, -0.1) is 0 Å². The molecule has 1 aromatic carbocycles. The van der Waals surface area contributed by atoms with Crippen LogP contribution < -0.4 is 5.32 Å². The van der Waals surface area contributed by atoms with Crippen molar-refractivity contribution in [3.8, 4) is 0 Å². The summed E-state index contributed by atoms with van der Waals surface area (Å²) in [6, 6.07) is 7.50. The van der Waals surface area contributed by atoms with Crippen molar-refractivity contribution in [3.05, 3.63) is 52.8 Å². The highest BCUT2D eigenvalue weighted by Crippen LogP contribution is 2.41. The van der Waals surface area contributed by atoms with Crippen LogP contribution in [0.25, 0.3) is 0 Å². The largest absolute Gasteiger partial charge is 0.378 e.